The fraction of sp³-hybridized carbons (Fsp3) is 0.839. The van der Waals surface area contributed by atoms with Crippen molar-refractivity contribution in [1.82, 2.24) is 4.90 Å². The van der Waals surface area contributed by atoms with Crippen molar-refractivity contribution in [2.45, 2.75) is 123 Å². The number of methoxy groups -OCH3 is 1. The number of aliphatic hydroxyl groups excluding tert-OH is 2. The van der Waals surface area contributed by atoms with Crippen LogP contribution in [-0.2, 0) is 19.0 Å². The second-order valence-electron chi connectivity index (χ2n) is 12.2. The maximum absolute atomic E-state index is 12.5. The van der Waals surface area contributed by atoms with Crippen LogP contribution in [0.4, 0.5) is 0 Å². The van der Waals surface area contributed by atoms with Crippen molar-refractivity contribution in [3.8, 4) is 0 Å². The van der Waals surface area contributed by atoms with Crippen LogP contribution in [-0.4, -0.2) is 84.5 Å². The zero-order chi connectivity index (χ0) is 28.5. The molecule has 220 valence electrons. The molecule has 9 atom stereocenters. The Morgan fingerprint density at radius 2 is 1.92 bits per heavy atom. The van der Waals surface area contributed by atoms with E-state index in [2.05, 4.69) is 52.8 Å². The first-order chi connectivity index (χ1) is 17.9. The van der Waals surface area contributed by atoms with Gasteiger partial charge in [-0.15, -0.1) is 0 Å². The minimum Gasteiger partial charge on any atom is -0.396 e. The summed E-state index contributed by atoms with van der Waals surface area (Å²) in [6, 6.07) is 0. The van der Waals surface area contributed by atoms with E-state index in [1.807, 2.05) is 11.9 Å². The van der Waals surface area contributed by atoms with E-state index in [0.29, 0.717) is 24.8 Å². The van der Waals surface area contributed by atoms with E-state index in [9.17, 15) is 9.90 Å². The molecule has 2 saturated heterocycles. The quantitative estimate of drug-likeness (QED) is 0.165. The minimum atomic E-state index is -0.527. The molecule has 38 heavy (non-hydrogen) atoms. The van der Waals surface area contributed by atoms with Crippen molar-refractivity contribution in [3.63, 3.8) is 0 Å². The molecule has 7 nitrogen and oxygen atoms in total. The summed E-state index contributed by atoms with van der Waals surface area (Å²) in [5.41, 5.74) is 1.02. The molecule has 0 aromatic rings. The molecule has 2 N–H and O–H groups in total. The zero-order valence-corrected chi connectivity index (χ0v) is 25.2. The Morgan fingerprint density at radius 3 is 2.55 bits per heavy atom. The number of hydrogen-bond donors (Lipinski definition) is 2. The molecule has 7 heteroatoms. The highest BCUT2D eigenvalue weighted by atomic mass is 16.6. The smallest absolute Gasteiger partial charge is 0.222 e. The van der Waals surface area contributed by atoms with Gasteiger partial charge in [0, 0.05) is 39.6 Å². The normalized spacial score (nSPS) is 31.2. The van der Waals surface area contributed by atoms with E-state index in [4.69, 9.17) is 19.3 Å². The molecular formula is C31H55NO6. The Bertz CT molecular complexity index is 782. The number of unbranched alkanes of at least 4 members (excludes halogenated alkanes) is 2. The average Bonchev–Trinajstić information content (AvgIpc) is 3.53. The maximum atomic E-state index is 12.5. The summed E-state index contributed by atoms with van der Waals surface area (Å²) in [5.74, 6) is 1.07. The Morgan fingerprint density at radius 1 is 1.21 bits per heavy atom. The minimum absolute atomic E-state index is 0.0531. The molecule has 2 rings (SSSR count). The number of nitrogens with zero attached hydrogens (tertiary/aromatic N) is 1. The van der Waals surface area contributed by atoms with Gasteiger partial charge in [0.2, 0.25) is 5.91 Å². The summed E-state index contributed by atoms with van der Waals surface area (Å²) in [7, 11) is 3.51. The molecule has 2 heterocycles. The third-order valence-electron chi connectivity index (χ3n) is 8.41. The third kappa shape index (κ3) is 9.74. The second kappa shape index (κ2) is 15.5. The lowest BCUT2D eigenvalue weighted by Gasteiger charge is -2.37. The average molecular weight is 538 g/mol. The molecule has 0 saturated carbocycles. The topological polar surface area (TPSA) is 91.8 Å². The number of likely N-dealkylation sites (N-methyl/N-ethyl adjacent to an activating group) is 1. The van der Waals surface area contributed by atoms with Crippen LogP contribution in [0.15, 0.2) is 23.8 Å². The van der Waals surface area contributed by atoms with Crippen molar-refractivity contribution >= 4 is 5.91 Å². The van der Waals surface area contributed by atoms with Gasteiger partial charge >= 0.3 is 0 Å². The van der Waals surface area contributed by atoms with Gasteiger partial charge in [-0.2, -0.15) is 0 Å². The molecule has 1 amide bonds. The predicted octanol–water partition coefficient (Wildman–Crippen LogP) is 4.90. The Kier molecular flexibility index (Phi) is 13.5. The van der Waals surface area contributed by atoms with Crippen LogP contribution in [0.3, 0.4) is 0 Å². The van der Waals surface area contributed by atoms with Crippen LogP contribution in [0.2, 0.25) is 0 Å². The summed E-state index contributed by atoms with van der Waals surface area (Å²) in [4.78, 5) is 14.3. The zero-order valence-electron chi connectivity index (χ0n) is 25.2. The number of carbonyl (C=O) groups excluding carboxylic acids is 1. The summed E-state index contributed by atoms with van der Waals surface area (Å²) < 4.78 is 18.1. The molecule has 0 spiro atoms. The first kappa shape index (κ1) is 33.0. The van der Waals surface area contributed by atoms with E-state index in [0.717, 1.165) is 38.5 Å². The lowest BCUT2D eigenvalue weighted by atomic mass is 9.85. The molecule has 0 bridgehead atoms. The van der Waals surface area contributed by atoms with Crippen molar-refractivity contribution < 1.29 is 29.2 Å². The largest absolute Gasteiger partial charge is 0.396 e. The van der Waals surface area contributed by atoms with Crippen molar-refractivity contribution in [3.05, 3.63) is 23.8 Å². The number of epoxide rings is 1. The molecule has 0 aromatic carbocycles. The Hall–Kier alpha value is -1.25. The van der Waals surface area contributed by atoms with Gasteiger partial charge in [0.25, 0.3) is 0 Å². The van der Waals surface area contributed by atoms with Crippen molar-refractivity contribution in [1.29, 1.82) is 0 Å². The van der Waals surface area contributed by atoms with Crippen LogP contribution < -0.4 is 0 Å². The summed E-state index contributed by atoms with van der Waals surface area (Å²) >= 11 is 0. The molecule has 1 unspecified atom stereocenters. The predicted molar refractivity (Wildman–Crippen MR) is 152 cm³/mol. The molecule has 0 radical (unpaired) electrons. The van der Waals surface area contributed by atoms with Crippen molar-refractivity contribution in [2.75, 3.05) is 27.3 Å². The summed E-state index contributed by atoms with van der Waals surface area (Å²) in [6.45, 7) is 13.4. The van der Waals surface area contributed by atoms with Crippen LogP contribution in [0.1, 0.15) is 86.5 Å². The molecule has 0 aliphatic carbocycles. The fourth-order valence-electron chi connectivity index (χ4n) is 6.17. The number of aliphatic hydroxyl groups is 2. The van der Waals surface area contributed by atoms with Crippen LogP contribution >= 0.6 is 0 Å². The maximum Gasteiger partial charge on any atom is 0.222 e. The van der Waals surface area contributed by atoms with Gasteiger partial charge in [0.1, 0.15) is 0 Å². The van der Waals surface area contributed by atoms with Gasteiger partial charge in [0.05, 0.1) is 36.1 Å². The molecule has 2 aliphatic rings. The van der Waals surface area contributed by atoms with Crippen LogP contribution in [0.25, 0.3) is 0 Å². The van der Waals surface area contributed by atoms with E-state index >= 15 is 0 Å². The number of hydrogen-bond acceptors (Lipinski definition) is 6. The standard InChI is InChI=1S/C31H55NO6/c1-21(19-31(6)30(38-31)24(4)29(36-8)25(5)34)13-12-14-22(2)28-23(3)16-17-26(37-28)20-32(7)27(35)15-10-9-11-18-33/h12-14,21,23-26,28-30,33-34H,9-11,15-20H2,1-8H3/b13-12+,22-14+/t21?,23-,24+,25+,26+,28+,29+,30+,31+/m0/s1. The first-order valence-corrected chi connectivity index (χ1v) is 14.7. The van der Waals surface area contributed by atoms with Gasteiger partial charge in [0.15, 0.2) is 0 Å². The van der Waals surface area contributed by atoms with E-state index in [1.165, 1.54) is 5.57 Å². The number of ether oxygens (including phenoxy) is 3. The summed E-state index contributed by atoms with van der Waals surface area (Å²) in [5, 5.41) is 18.9. The van der Waals surface area contributed by atoms with Crippen molar-refractivity contribution in [2.24, 2.45) is 17.8 Å². The first-order valence-electron chi connectivity index (χ1n) is 14.7. The monoisotopic (exact) mass is 537 g/mol. The molecular weight excluding hydrogens is 482 g/mol. The lowest BCUT2D eigenvalue weighted by Crippen LogP contribution is -2.42. The molecule has 2 fully saturated rings. The van der Waals surface area contributed by atoms with Gasteiger partial charge in [-0.1, -0.05) is 45.4 Å². The van der Waals surface area contributed by atoms with Gasteiger partial charge < -0.3 is 29.3 Å². The molecule has 2 aliphatic heterocycles. The number of rotatable bonds is 16. The number of carbonyl (C=O) groups is 1. The van der Waals surface area contributed by atoms with E-state index < -0.39 is 6.10 Å². The van der Waals surface area contributed by atoms with E-state index in [-0.39, 0.29) is 48.4 Å². The molecule has 0 aromatic heterocycles. The SMILES string of the molecule is CO[C@H]([C@@H](C)[C@H]1O[C@]1(C)CC(C)/C=C/C=C(\C)[C@H]1O[C@@H](CN(C)C(=O)CCCCCO)CC[C@@H]1C)[C@@H](C)O. The number of amides is 1. The number of allylic oxidation sites excluding steroid dienone is 3. The Labute approximate surface area is 231 Å². The lowest BCUT2D eigenvalue weighted by molar-refractivity contribution is -0.134. The second-order valence-corrected chi connectivity index (χ2v) is 12.2. The third-order valence-corrected chi connectivity index (χ3v) is 8.41. The highest BCUT2D eigenvalue weighted by molar-refractivity contribution is 5.75. The highest BCUT2D eigenvalue weighted by Gasteiger charge is 2.56. The summed E-state index contributed by atoms with van der Waals surface area (Å²) in [6.07, 6.45) is 12.0. The van der Waals surface area contributed by atoms with E-state index in [1.54, 1.807) is 14.0 Å². The Balaban J connectivity index is 1.85. The van der Waals surface area contributed by atoms with Gasteiger partial charge in [-0.25, -0.2) is 0 Å². The van der Waals surface area contributed by atoms with Crippen LogP contribution in [0, 0.1) is 17.8 Å². The van der Waals surface area contributed by atoms with Gasteiger partial charge in [-0.3, -0.25) is 4.79 Å². The fourth-order valence-corrected chi connectivity index (χ4v) is 6.17. The van der Waals surface area contributed by atoms with Gasteiger partial charge in [-0.05, 0) is 70.3 Å². The highest BCUT2D eigenvalue weighted by Crippen LogP contribution is 2.47. The van der Waals surface area contributed by atoms with Crippen LogP contribution in [0.5, 0.6) is 0 Å².